The van der Waals surface area contributed by atoms with Gasteiger partial charge in [0.25, 0.3) is 0 Å². The van der Waals surface area contributed by atoms with Gasteiger partial charge in [-0.05, 0) is 42.0 Å². The van der Waals surface area contributed by atoms with Crippen molar-refractivity contribution in [2.75, 3.05) is 11.1 Å². The van der Waals surface area contributed by atoms with Crippen LogP contribution in [0, 0.1) is 11.3 Å². The van der Waals surface area contributed by atoms with Gasteiger partial charge in [-0.1, -0.05) is 23.7 Å². The fraction of sp³-hybridized carbons (Fsp3) is 0.125. The zero-order chi connectivity index (χ0) is 16.9. The summed E-state index contributed by atoms with van der Waals surface area (Å²) < 4.78 is 24.1. The molecule has 5 nitrogen and oxygen atoms in total. The molecular formula is C16H13ClN2O3S. The molecule has 1 amide bonds. The van der Waals surface area contributed by atoms with Crippen molar-refractivity contribution in [3.05, 3.63) is 64.7 Å². The molecule has 0 atom stereocenters. The lowest BCUT2D eigenvalue weighted by Crippen LogP contribution is -2.23. The molecule has 118 valence electrons. The van der Waals surface area contributed by atoms with Crippen LogP contribution in [0.25, 0.3) is 0 Å². The van der Waals surface area contributed by atoms with E-state index in [1.54, 1.807) is 48.5 Å². The first-order valence-electron chi connectivity index (χ1n) is 6.63. The highest BCUT2D eigenvalue weighted by Gasteiger charge is 2.17. The second-order valence-electron chi connectivity index (χ2n) is 4.90. The Bertz CT molecular complexity index is 838. The summed E-state index contributed by atoms with van der Waals surface area (Å²) in [6.45, 7) is 0. The van der Waals surface area contributed by atoms with Gasteiger partial charge in [-0.25, -0.2) is 8.42 Å². The highest BCUT2D eigenvalue weighted by Crippen LogP contribution is 2.14. The minimum Gasteiger partial charge on any atom is -0.325 e. The van der Waals surface area contributed by atoms with Crippen molar-refractivity contribution in [2.24, 2.45) is 0 Å². The fourth-order valence-corrected chi connectivity index (χ4v) is 3.31. The van der Waals surface area contributed by atoms with Crippen LogP contribution in [0.4, 0.5) is 5.69 Å². The number of sulfone groups is 1. The molecule has 23 heavy (non-hydrogen) atoms. The Balaban J connectivity index is 1.98. The number of nitriles is 1. The van der Waals surface area contributed by atoms with Gasteiger partial charge in [-0.3, -0.25) is 4.79 Å². The summed E-state index contributed by atoms with van der Waals surface area (Å²) in [6, 6.07) is 14.5. The van der Waals surface area contributed by atoms with Crippen molar-refractivity contribution in [1.82, 2.24) is 0 Å². The summed E-state index contributed by atoms with van der Waals surface area (Å²) in [5.41, 5.74) is 1.46. The molecule has 0 aromatic heterocycles. The fourth-order valence-electron chi connectivity index (χ4n) is 1.91. The van der Waals surface area contributed by atoms with Gasteiger partial charge in [0.05, 0.1) is 17.4 Å². The van der Waals surface area contributed by atoms with Crippen LogP contribution in [0.15, 0.2) is 48.5 Å². The van der Waals surface area contributed by atoms with Gasteiger partial charge >= 0.3 is 0 Å². The number of halogens is 1. The number of anilines is 1. The molecule has 0 unspecified atom stereocenters. The molecule has 0 bridgehead atoms. The van der Waals surface area contributed by atoms with Crippen LogP contribution in [-0.2, 0) is 20.4 Å². The van der Waals surface area contributed by atoms with E-state index in [1.165, 1.54) is 0 Å². The topological polar surface area (TPSA) is 87.0 Å². The Morgan fingerprint density at radius 1 is 1.09 bits per heavy atom. The number of benzene rings is 2. The SMILES string of the molecule is N#Cc1ccc(CS(=O)(=O)CC(=O)Nc2ccc(Cl)cc2)cc1. The van der Waals surface area contributed by atoms with E-state index in [4.69, 9.17) is 16.9 Å². The quantitative estimate of drug-likeness (QED) is 0.900. The van der Waals surface area contributed by atoms with E-state index in [9.17, 15) is 13.2 Å². The van der Waals surface area contributed by atoms with Crippen LogP contribution in [-0.4, -0.2) is 20.1 Å². The third-order valence-corrected chi connectivity index (χ3v) is 4.68. The number of nitrogens with one attached hydrogen (secondary N) is 1. The van der Waals surface area contributed by atoms with Crippen molar-refractivity contribution in [3.63, 3.8) is 0 Å². The molecule has 0 fully saturated rings. The number of nitrogens with zero attached hydrogens (tertiary/aromatic N) is 1. The summed E-state index contributed by atoms with van der Waals surface area (Å²) in [5, 5.41) is 11.7. The molecule has 0 radical (unpaired) electrons. The minimum atomic E-state index is -3.60. The van der Waals surface area contributed by atoms with Crippen molar-refractivity contribution in [1.29, 1.82) is 5.26 Å². The summed E-state index contributed by atoms with van der Waals surface area (Å²) in [4.78, 5) is 11.8. The van der Waals surface area contributed by atoms with Crippen molar-refractivity contribution >= 4 is 33.0 Å². The maximum atomic E-state index is 12.1. The van der Waals surface area contributed by atoms with Crippen LogP contribution < -0.4 is 5.32 Å². The molecule has 2 rings (SSSR count). The Morgan fingerprint density at radius 3 is 2.26 bits per heavy atom. The molecule has 0 saturated heterocycles. The lowest BCUT2D eigenvalue weighted by molar-refractivity contribution is -0.113. The Morgan fingerprint density at radius 2 is 1.70 bits per heavy atom. The zero-order valence-electron chi connectivity index (χ0n) is 12.0. The highest BCUT2D eigenvalue weighted by molar-refractivity contribution is 7.91. The number of rotatable bonds is 5. The predicted octanol–water partition coefficient (Wildman–Crippen LogP) is 2.77. The van der Waals surface area contributed by atoms with E-state index in [1.807, 2.05) is 6.07 Å². The first-order valence-corrected chi connectivity index (χ1v) is 8.83. The van der Waals surface area contributed by atoms with Crippen molar-refractivity contribution < 1.29 is 13.2 Å². The van der Waals surface area contributed by atoms with Crippen LogP contribution in [0.3, 0.4) is 0 Å². The molecule has 0 spiro atoms. The summed E-state index contributed by atoms with van der Waals surface area (Å²) >= 11 is 5.74. The molecule has 2 aromatic carbocycles. The Labute approximate surface area is 139 Å². The lowest BCUT2D eigenvalue weighted by Gasteiger charge is -2.07. The molecule has 0 aliphatic rings. The molecule has 0 aliphatic carbocycles. The Hall–Kier alpha value is -2.36. The predicted molar refractivity (Wildman–Crippen MR) is 88.7 cm³/mol. The van der Waals surface area contributed by atoms with E-state index in [0.717, 1.165) is 0 Å². The molecule has 1 N–H and O–H groups in total. The van der Waals surface area contributed by atoms with Crippen LogP contribution in [0.2, 0.25) is 5.02 Å². The second-order valence-corrected chi connectivity index (χ2v) is 7.40. The minimum absolute atomic E-state index is 0.257. The number of carbonyl (C=O) groups is 1. The van der Waals surface area contributed by atoms with Gasteiger partial charge in [-0.2, -0.15) is 5.26 Å². The number of carbonyl (C=O) groups excluding carboxylic acids is 1. The van der Waals surface area contributed by atoms with E-state index >= 15 is 0 Å². The molecule has 7 heteroatoms. The number of hydrogen-bond acceptors (Lipinski definition) is 4. The van der Waals surface area contributed by atoms with Gasteiger partial charge in [0.1, 0.15) is 5.75 Å². The first kappa shape index (κ1) is 17.0. The molecule has 0 heterocycles. The van der Waals surface area contributed by atoms with Gasteiger partial charge in [0, 0.05) is 10.7 Å². The van der Waals surface area contributed by atoms with E-state index in [2.05, 4.69) is 5.32 Å². The number of hydrogen-bond donors (Lipinski definition) is 1. The second kappa shape index (κ2) is 7.27. The largest absolute Gasteiger partial charge is 0.325 e. The Kier molecular flexibility index (Phi) is 5.37. The average molecular weight is 349 g/mol. The van der Waals surface area contributed by atoms with Gasteiger partial charge in [-0.15, -0.1) is 0 Å². The van der Waals surface area contributed by atoms with Gasteiger partial charge in [0.2, 0.25) is 5.91 Å². The normalized spacial score (nSPS) is 10.8. The standard InChI is InChI=1S/C16H13ClN2O3S/c17-14-5-7-15(8-6-14)19-16(20)11-23(21,22)10-13-3-1-12(9-18)2-4-13/h1-8H,10-11H2,(H,19,20). The van der Waals surface area contributed by atoms with E-state index in [-0.39, 0.29) is 5.75 Å². The zero-order valence-corrected chi connectivity index (χ0v) is 13.6. The molecule has 2 aromatic rings. The summed E-state index contributed by atoms with van der Waals surface area (Å²) in [7, 11) is -3.60. The van der Waals surface area contributed by atoms with Crippen LogP contribution >= 0.6 is 11.6 Å². The summed E-state index contributed by atoms with van der Waals surface area (Å²) in [5.74, 6) is -1.48. The molecular weight excluding hydrogens is 336 g/mol. The first-order chi connectivity index (χ1) is 10.9. The molecule has 0 saturated carbocycles. The maximum absolute atomic E-state index is 12.1. The van der Waals surface area contributed by atoms with Crippen molar-refractivity contribution in [3.8, 4) is 6.07 Å². The van der Waals surface area contributed by atoms with Crippen LogP contribution in [0.1, 0.15) is 11.1 Å². The van der Waals surface area contributed by atoms with Gasteiger partial charge in [0.15, 0.2) is 9.84 Å². The summed E-state index contributed by atoms with van der Waals surface area (Å²) in [6.07, 6.45) is 0. The van der Waals surface area contributed by atoms with E-state index in [0.29, 0.717) is 21.8 Å². The van der Waals surface area contributed by atoms with Gasteiger partial charge < -0.3 is 5.32 Å². The molecule has 0 aliphatic heterocycles. The van der Waals surface area contributed by atoms with Crippen LogP contribution in [0.5, 0.6) is 0 Å². The maximum Gasteiger partial charge on any atom is 0.239 e. The third-order valence-electron chi connectivity index (χ3n) is 2.95. The smallest absolute Gasteiger partial charge is 0.239 e. The highest BCUT2D eigenvalue weighted by atomic mass is 35.5. The monoisotopic (exact) mass is 348 g/mol. The van der Waals surface area contributed by atoms with Crippen molar-refractivity contribution in [2.45, 2.75) is 5.75 Å². The third kappa shape index (κ3) is 5.40. The average Bonchev–Trinajstić information content (AvgIpc) is 2.49. The lowest BCUT2D eigenvalue weighted by atomic mass is 10.2. The number of amides is 1. The van der Waals surface area contributed by atoms with E-state index < -0.39 is 21.5 Å².